The van der Waals surface area contributed by atoms with E-state index in [-0.39, 0.29) is 37.8 Å². The Kier molecular flexibility index (Phi) is 8.06. The minimum absolute atomic E-state index is 0.0132. The zero-order valence-electron chi connectivity index (χ0n) is 17.2. The lowest BCUT2D eigenvalue weighted by atomic mass is 10.3. The van der Waals surface area contributed by atoms with Crippen molar-refractivity contribution in [1.29, 1.82) is 0 Å². The fourth-order valence-corrected chi connectivity index (χ4v) is 3.42. The van der Waals surface area contributed by atoms with E-state index in [4.69, 9.17) is 9.15 Å². The van der Waals surface area contributed by atoms with Crippen LogP contribution in [0, 0.1) is 5.82 Å². The minimum Gasteiger partial charge on any atom is -0.459 e. The summed E-state index contributed by atoms with van der Waals surface area (Å²) in [5, 5.41) is 7.23. The van der Waals surface area contributed by atoms with Crippen LogP contribution in [0.1, 0.15) is 16.2 Å². The molecule has 2 heterocycles. The highest BCUT2D eigenvalue weighted by atomic mass is 32.1. The van der Waals surface area contributed by atoms with Gasteiger partial charge in [0, 0.05) is 24.7 Å². The van der Waals surface area contributed by atoms with E-state index < -0.39 is 17.6 Å². The maximum absolute atomic E-state index is 12.9. The molecule has 0 aliphatic rings. The van der Waals surface area contributed by atoms with Crippen molar-refractivity contribution in [2.75, 3.05) is 37.4 Å². The average molecular weight is 460 g/mol. The topological polar surface area (TPSA) is 114 Å². The van der Waals surface area contributed by atoms with Crippen LogP contribution >= 0.6 is 11.3 Å². The van der Waals surface area contributed by atoms with Gasteiger partial charge in [-0.3, -0.25) is 14.4 Å². The van der Waals surface area contributed by atoms with Crippen LogP contribution in [0.5, 0.6) is 0 Å². The molecule has 0 aliphatic carbocycles. The number of nitrogens with zero attached hydrogens (tertiary/aromatic N) is 2. The molecule has 0 spiro atoms. The minimum atomic E-state index is -0.447. The third kappa shape index (κ3) is 6.72. The summed E-state index contributed by atoms with van der Waals surface area (Å²) in [7, 11) is 1.50. The first-order valence-corrected chi connectivity index (χ1v) is 10.4. The average Bonchev–Trinajstić information content (AvgIpc) is 3.44. The number of thiazole rings is 1. The number of carbonyl (C=O) groups is 3. The van der Waals surface area contributed by atoms with Gasteiger partial charge in [0.25, 0.3) is 5.91 Å². The summed E-state index contributed by atoms with van der Waals surface area (Å²) in [6, 6.07) is 8.52. The summed E-state index contributed by atoms with van der Waals surface area (Å²) in [5.41, 5.74) is 0.936. The monoisotopic (exact) mass is 460 g/mol. The highest BCUT2D eigenvalue weighted by Crippen LogP contribution is 2.17. The third-order valence-electron chi connectivity index (χ3n) is 4.19. The Labute approximate surface area is 187 Å². The number of rotatable bonds is 10. The SMILES string of the molecule is COCCN(CC(=O)Nc1nc(CC(=O)Nc2ccc(F)cc2)cs1)C(=O)c1ccco1. The van der Waals surface area contributed by atoms with Crippen molar-refractivity contribution in [3.05, 3.63) is 65.3 Å². The molecular formula is C21H21FN4O5S. The van der Waals surface area contributed by atoms with Crippen LogP contribution in [0.25, 0.3) is 0 Å². The molecule has 0 unspecified atom stereocenters. The van der Waals surface area contributed by atoms with Crippen molar-refractivity contribution in [2.24, 2.45) is 0 Å². The van der Waals surface area contributed by atoms with Crippen LogP contribution in [0.4, 0.5) is 15.2 Å². The van der Waals surface area contributed by atoms with E-state index in [0.29, 0.717) is 16.5 Å². The summed E-state index contributed by atoms with van der Waals surface area (Å²) in [6.07, 6.45) is 1.37. The van der Waals surface area contributed by atoms with E-state index in [1.54, 1.807) is 11.4 Å². The van der Waals surface area contributed by atoms with Crippen LogP contribution in [-0.2, 0) is 20.7 Å². The predicted octanol–water partition coefficient (Wildman–Crippen LogP) is 2.78. The first kappa shape index (κ1) is 23.1. The van der Waals surface area contributed by atoms with Gasteiger partial charge >= 0.3 is 0 Å². The summed E-state index contributed by atoms with van der Waals surface area (Å²) in [6.45, 7) is 0.239. The molecule has 3 amide bonds. The number of methoxy groups -OCH3 is 1. The van der Waals surface area contributed by atoms with Gasteiger partial charge < -0.3 is 24.7 Å². The van der Waals surface area contributed by atoms with Gasteiger partial charge in [0.15, 0.2) is 10.9 Å². The molecule has 11 heteroatoms. The fourth-order valence-electron chi connectivity index (χ4n) is 2.69. The van der Waals surface area contributed by atoms with Crippen molar-refractivity contribution >= 4 is 39.9 Å². The van der Waals surface area contributed by atoms with E-state index in [9.17, 15) is 18.8 Å². The number of ether oxygens (including phenoxy) is 1. The molecule has 2 aromatic heterocycles. The third-order valence-corrected chi connectivity index (χ3v) is 4.99. The standard InChI is InChI=1S/C21H21FN4O5S/c1-30-10-8-26(20(29)17-3-2-9-31-17)12-19(28)25-21-24-16(13-32-21)11-18(27)23-15-6-4-14(22)5-7-15/h2-7,9,13H,8,10-12H2,1H3,(H,23,27)(H,24,25,28). The molecule has 0 aliphatic heterocycles. The maximum Gasteiger partial charge on any atom is 0.290 e. The number of hydrogen-bond donors (Lipinski definition) is 2. The number of benzene rings is 1. The maximum atomic E-state index is 12.9. The molecule has 0 fully saturated rings. The molecular weight excluding hydrogens is 439 g/mol. The molecule has 0 saturated carbocycles. The number of halogens is 1. The Morgan fingerprint density at radius 1 is 1.16 bits per heavy atom. The number of carbonyl (C=O) groups excluding carboxylic acids is 3. The van der Waals surface area contributed by atoms with Gasteiger partial charge in [-0.05, 0) is 36.4 Å². The summed E-state index contributed by atoms with van der Waals surface area (Å²) >= 11 is 1.16. The van der Waals surface area contributed by atoms with E-state index >= 15 is 0 Å². The van der Waals surface area contributed by atoms with Crippen molar-refractivity contribution in [2.45, 2.75) is 6.42 Å². The number of hydrogen-bond acceptors (Lipinski definition) is 7. The van der Waals surface area contributed by atoms with E-state index in [1.807, 2.05) is 0 Å². The molecule has 0 radical (unpaired) electrons. The molecule has 2 N–H and O–H groups in total. The van der Waals surface area contributed by atoms with Gasteiger partial charge in [-0.1, -0.05) is 0 Å². The summed E-state index contributed by atoms with van der Waals surface area (Å²) < 4.78 is 23.1. The number of aromatic nitrogens is 1. The Hall–Kier alpha value is -3.57. The van der Waals surface area contributed by atoms with Crippen LogP contribution in [-0.4, -0.2) is 54.4 Å². The van der Waals surface area contributed by atoms with Crippen molar-refractivity contribution in [3.63, 3.8) is 0 Å². The van der Waals surface area contributed by atoms with Crippen LogP contribution in [0.15, 0.2) is 52.5 Å². The lowest BCUT2D eigenvalue weighted by molar-refractivity contribution is -0.117. The Balaban J connectivity index is 1.53. The largest absolute Gasteiger partial charge is 0.459 e. The number of furan rings is 1. The molecule has 0 atom stereocenters. The highest BCUT2D eigenvalue weighted by molar-refractivity contribution is 7.13. The lowest BCUT2D eigenvalue weighted by Crippen LogP contribution is -2.39. The van der Waals surface area contributed by atoms with Crippen LogP contribution in [0.2, 0.25) is 0 Å². The predicted molar refractivity (Wildman–Crippen MR) is 116 cm³/mol. The second kappa shape index (κ2) is 11.2. The first-order valence-electron chi connectivity index (χ1n) is 9.56. The van der Waals surface area contributed by atoms with E-state index in [2.05, 4.69) is 15.6 Å². The molecule has 168 valence electrons. The second-order valence-corrected chi connectivity index (χ2v) is 7.48. The summed E-state index contributed by atoms with van der Waals surface area (Å²) in [4.78, 5) is 42.6. The quantitative estimate of drug-likeness (QED) is 0.481. The second-order valence-electron chi connectivity index (χ2n) is 6.62. The van der Waals surface area contributed by atoms with Crippen LogP contribution < -0.4 is 10.6 Å². The number of amides is 3. The molecule has 9 nitrogen and oxygen atoms in total. The molecule has 3 aromatic rings. The van der Waals surface area contributed by atoms with Gasteiger partial charge in [0.05, 0.1) is 25.0 Å². The van der Waals surface area contributed by atoms with Gasteiger partial charge in [0.1, 0.15) is 12.4 Å². The normalized spacial score (nSPS) is 10.6. The smallest absolute Gasteiger partial charge is 0.290 e. The fraction of sp³-hybridized carbons (Fsp3) is 0.238. The molecule has 0 saturated heterocycles. The number of anilines is 2. The molecule has 32 heavy (non-hydrogen) atoms. The Morgan fingerprint density at radius 2 is 1.94 bits per heavy atom. The first-order chi connectivity index (χ1) is 15.4. The lowest BCUT2D eigenvalue weighted by Gasteiger charge is -2.20. The zero-order valence-corrected chi connectivity index (χ0v) is 18.0. The molecule has 3 rings (SSSR count). The van der Waals surface area contributed by atoms with E-state index in [0.717, 1.165) is 11.3 Å². The van der Waals surface area contributed by atoms with Crippen LogP contribution in [0.3, 0.4) is 0 Å². The zero-order chi connectivity index (χ0) is 22.9. The van der Waals surface area contributed by atoms with Crippen molar-refractivity contribution < 1.29 is 27.9 Å². The van der Waals surface area contributed by atoms with Gasteiger partial charge in [-0.15, -0.1) is 11.3 Å². The Morgan fingerprint density at radius 3 is 2.62 bits per heavy atom. The van der Waals surface area contributed by atoms with Gasteiger partial charge in [0.2, 0.25) is 11.8 Å². The van der Waals surface area contributed by atoms with Gasteiger partial charge in [-0.25, -0.2) is 9.37 Å². The van der Waals surface area contributed by atoms with E-state index in [1.165, 1.54) is 48.6 Å². The Bertz CT molecular complexity index is 1050. The van der Waals surface area contributed by atoms with Crippen molar-refractivity contribution in [1.82, 2.24) is 9.88 Å². The molecule has 0 bridgehead atoms. The highest BCUT2D eigenvalue weighted by Gasteiger charge is 2.21. The summed E-state index contributed by atoms with van der Waals surface area (Å²) in [5.74, 6) is -1.47. The molecule has 1 aromatic carbocycles. The number of nitrogens with one attached hydrogen (secondary N) is 2. The van der Waals surface area contributed by atoms with Gasteiger partial charge in [-0.2, -0.15) is 0 Å². The van der Waals surface area contributed by atoms with Crippen molar-refractivity contribution in [3.8, 4) is 0 Å².